The molecule has 3 N–H and O–H groups in total. The van der Waals surface area contributed by atoms with Crippen molar-refractivity contribution in [2.24, 2.45) is 0 Å². The van der Waals surface area contributed by atoms with Gasteiger partial charge in [0.25, 0.3) is 0 Å². The second-order valence-electron chi connectivity index (χ2n) is 6.49. The highest BCUT2D eigenvalue weighted by Gasteiger charge is 2.33. The van der Waals surface area contributed by atoms with E-state index in [9.17, 15) is 14.8 Å². The molecule has 5 nitrogen and oxygen atoms in total. The average Bonchev–Trinajstić information content (AvgIpc) is 2.99. The van der Waals surface area contributed by atoms with Crippen molar-refractivity contribution in [1.29, 1.82) is 0 Å². The molecule has 0 aliphatic carbocycles. The van der Waals surface area contributed by atoms with Gasteiger partial charge in [-0.05, 0) is 24.5 Å². The number of aryl methyl sites for hydroxylation is 1. The van der Waals surface area contributed by atoms with E-state index in [4.69, 9.17) is 4.74 Å². The summed E-state index contributed by atoms with van der Waals surface area (Å²) in [5, 5.41) is 22.1. The molecule has 0 saturated carbocycles. The number of hydrogen-bond donors (Lipinski definition) is 3. The van der Waals surface area contributed by atoms with Crippen LogP contribution in [0.25, 0.3) is 0 Å². The molecular formula is C19H22BNO4. The lowest BCUT2D eigenvalue weighted by Gasteiger charge is -2.21. The predicted molar refractivity (Wildman–Crippen MR) is 96.3 cm³/mol. The lowest BCUT2D eigenvalue weighted by Crippen LogP contribution is -2.47. The van der Waals surface area contributed by atoms with Crippen LogP contribution < -0.4 is 10.1 Å². The molecule has 2 atom stereocenters. The Hall–Kier alpha value is -2.31. The number of carbonyl (C=O) groups excluding carboxylic acids is 1. The number of hydrogen-bond acceptors (Lipinski definition) is 4. The zero-order valence-corrected chi connectivity index (χ0v) is 14.2. The Morgan fingerprint density at radius 1 is 1.24 bits per heavy atom. The second kappa shape index (κ2) is 7.72. The molecule has 1 amide bonds. The van der Waals surface area contributed by atoms with E-state index in [-0.39, 0.29) is 18.2 Å². The van der Waals surface area contributed by atoms with Crippen molar-refractivity contribution in [2.45, 2.75) is 31.6 Å². The highest BCUT2D eigenvalue weighted by Crippen LogP contribution is 2.38. The van der Waals surface area contributed by atoms with Crippen LogP contribution in [0.15, 0.2) is 48.5 Å². The fraction of sp³-hybridized carbons (Fsp3) is 0.316. The van der Waals surface area contributed by atoms with E-state index in [1.54, 1.807) is 0 Å². The maximum atomic E-state index is 12.2. The largest absolute Gasteiger partial charge is 0.492 e. The van der Waals surface area contributed by atoms with Crippen molar-refractivity contribution in [2.75, 3.05) is 6.61 Å². The molecular weight excluding hydrogens is 317 g/mol. The molecule has 0 fully saturated rings. The van der Waals surface area contributed by atoms with Crippen molar-refractivity contribution >= 4 is 13.0 Å². The first-order valence-corrected chi connectivity index (χ1v) is 8.46. The quantitative estimate of drug-likeness (QED) is 0.699. The maximum absolute atomic E-state index is 12.2. The van der Waals surface area contributed by atoms with Gasteiger partial charge in [-0.2, -0.15) is 0 Å². The molecule has 2 aromatic rings. The van der Waals surface area contributed by atoms with Gasteiger partial charge in [0.1, 0.15) is 5.75 Å². The summed E-state index contributed by atoms with van der Waals surface area (Å²) in [6.07, 6.45) is 0.621. The molecule has 0 bridgehead atoms. The van der Waals surface area contributed by atoms with Gasteiger partial charge in [0.05, 0.1) is 19.0 Å². The highest BCUT2D eigenvalue weighted by atomic mass is 16.5. The Morgan fingerprint density at radius 3 is 2.72 bits per heavy atom. The lowest BCUT2D eigenvalue weighted by molar-refractivity contribution is -0.120. The van der Waals surface area contributed by atoms with Crippen molar-refractivity contribution in [3.63, 3.8) is 0 Å². The van der Waals surface area contributed by atoms with E-state index in [1.165, 1.54) is 0 Å². The minimum Gasteiger partial charge on any atom is -0.492 e. The van der Waals surface area contributed by atoms with Crippen LogP contribution in [0, 0.1) is 6.92 Å². The molecule has 130 valence electrons. The van der Waals surface area contributed by atoms with Crippen LogP contribution in [0.1, 0.15) is 29.0 Å². The van der Waals surface area contributed by atoms with Gasteiger partial charge in [0, 0.05) is 11.5 Å². The monoisotopic (exact) mass is 339 g/mol. The first-order chi connectivity index (χ1) is 12.0. The van der Waals surface area contributed by atoms with E-state index >= 15 is 0 Å². The van der Waals surface area contributed by atoms with Gasteiger partial charge < -0.3 is 20.1 Å². The van der Waals surface area contributed by atoms with Crippen molar-refractivity contribution in [1.82, 2.24) is 5.32 Å². The topological polar surface area (TPSA) is 78.8 Å². The molecule has 0 unspecified atom stereocenters. The highest BCUT2D eigenvalue weighted by molar-refractivity contribution is 6.43. The molecule has 25 heavy (non-hydrogen) atoms. The molecule has 0 aromatic heterocycles. The van der Waals surface area contributed by atoms with Crippen LogP contribution in [0.2, 0.25) is 0 Å². The summed E-state index contributed by atoms with van der Waals surface area (Å²) in [7, 11) is -1.62. The average molecular weight is 339 g/mol. The minimum atomic E-state index is -1.62. The molecule has 3 rings (SSSR count). The summed E-state index contributed by atoms with van der Waals surface area (Å²) in [6.45, 7) is 2.47. The second-order valence-corrected chi connectivity index (χ2v) is 6.49. The van der Waals surface area contributed by atoms with E-state index in [0.717, 1.165) is 22.4 Å². The summed E-state index contributed by atoms with van der Waals surface area (Å²) < 4.78 is 5.75. The standard InChI is InChI=1S/C19H22BNO4/c1-13-6-5-9-16-15(12-25-19(13)16)11-17(20(23)24)21-18(22)10-14-7-3-2-4-8-14/h2-9,15,17,23-24H,10-12H2,1H3,(H,21,22)/t15-,17+/m1/s1. The third kappa shape index (κ3) is 4.21. The third-order valence-electron chi connectivity index (χ3n) is 4.56. The molecule has 0 saturated heterocycles. The molecule has 0 radical (unpaired) electrons. The van der Waals surface area contributed by atoms with Gasteiger partial charge in [-0.3, -0.25) is 4.79 Å². The van der Waals surface area contributed by atoms with E-state index in [2.05, 4.69) is 5.32 Å². The minimum absolute atomic E-state index is 0.0266. The van der Waals surface area contributed by atoms with E-state index in [0.29, 0.717) is 13.0 Å². The number of benzene rings is 2. The summed E-state index contributed by atoms with van der Waals surface area (Å²) in [6, 6.07) is 15.3. The van der Waals surface area contributed by atoms with Gasteiger partial charge in [0.2, 0.25) is 5.91 Å². The molecule has 1 heterocycles. The van der Waals surface area contributed by atoms with Crippen LogP contribution in [-0.2, 0) is 11.2 Å². The van der Waals surface area contributed by atoms with Gasteiger partial charge in [0.15, 0.2) is 0 Å². The zero-order chi connectivity index (χ0) is 17.8. The van der Waals surface area contributed by atoms with E-state index in [1.807, 2.05) is 55.5 Å². The normalized spacial score (nSPS) is 16.7. The predicted octanol–water partition coefficient (Wildman–Crippen LogP) is 1.60. The number of amides is 1. The van der Waals surface area contributed by atoms with Crippen LogP contribution >= 0.6 is 0 Å². The van der Waals surface area contributed by atoms with Crippen LogP contribution in [0.3, 0.4) is 0 Å². The first-order valence-electron chi connectivity index (χ1n) is 8.46. The molecule has 1 aliphatic rings. The number of ether oxygens (including phenoxy) is 1. The Bertz CT molecular complexity index is 735. The molecule has 2 aromatic carbocycles. The van der Waals surface area contributed by atoms with Crippen LogP contribution in [0.5, 0.6) is 5.75 Å². The van der Waals surface area contributed by atoms with Gasteiger partial charge in [-0.1, -0.05) is 48.5 Å². The Labute approximate surface area is 147 Å². The fourth-order valence-corrected chi connectivity index (χ4v) is 3.26. The number of fused-ring (bicyclic) bond motifs is 1. The van der Waals surface area contributed by atoms with Crippen molar-refractivity contribution in [3.8, 4) is 5.75 Å². The SMILES string of the molecule is Cc1cccc2c1OC[C@H]2C[C@H](NC(=O)Cc1ccccc1)B(O)O. The molecule has 0 spiro atoms. The molecule has 6 heteroatoms. The van der Waals surface area contributed by atoms with Crippen LogP contribution in [-0.4, -0.2) is 35.6 Å². The summed E-state index contributed by atoms with van der Waals surface area (Å²) >= 11 is 0. The summed E-state index contributed by atoms with van der Waals surface area (Å²) in [4.78, 5) is 12.2. The van der Waals surface area contributed by atoms with Gasteiger partial charge in [-0.15, -0.1) is 0 Å². The summed E-state index contributed by atoms with van der Waals surface area (Å²) in [5.41, 5.74) is 3.01. The van der Waals surface area contributed by atoms with Crippen molar-refractivity contribution < 1.29 is 19.6 Å². The van der Waals surface area contributed by atoms with Gasteiger partial charge >= 0.3 is 7.12 Å². The van der Waals surface area contributed by atoms with E-state index < -0.39 is 13.1 Å². The lowest BCUT2D eigenvalue weighted by atomic mass is 9.73. The first kappa shape index (κ1) is 17.5. The van der Waals surface area contributed by atoms with Gasteiger partial charge in [-0.25, -0.2) is 0 Å². The van der Waals surface area contributed by atoms with Crippen LogP contribution in [0.4, 0.5) is 0 Å². The molecule has 1 aliphatic heterocycles. The smallest absolute Gasteiger partial charge is 0.475 e. The number of carbonyl (C=O) groups is 1. The fourth-order valence-electron chi connectivity index (χ4n) is 3.26. The third-order valence-corrected chi connectivity index (χ3v) is 4.56. The Balaban J connectivity index is 1.65. The number of nitrogens with one attached hydrogen (secondary N) is 1. The Morgan fingerprint density at radius 2 is 2.00 bits per heavy atom. The number of rotatable bonds is 6. The zero-order valence-electron chi connectivity index (χ0n) is 14.2. The Kier molecular flexibility index (Phi) is 5.41. The number of para-hydroxylation sites is 1. The summed E-state index contributed by atoms with van der Waals surface area (Å²) in [5.74, 6) is -0.0722. The van der Waals surface area contributed by atoms with Crippen molar-refractivity contribution in [3.05, 3.63) is 65.2 Å². The maximum Gasteiger partial charge on any atom is 0.475 e.